The third-order valence-corrected chi connectivity index (χ3v) is 4.01. The first kappa shape index (κ1) is 17.7. The van der Waals surface area contributed by atoms with Crippen LogP contribution in [0.2, 0.25) is 0 Å². The molecule has 1 fully saturated rings. The number of alkyl halides is 3. The molecule has 0 saturated carbocycles. The van der Waals surface area contributed by atoms with Crippen LogP contribution < -0.4 is 5.32 Å². The van der Waals surface area contributed by atoms with Crippen LogP contribution in [0.5, 0.6) is 0 Å². The Bertz CT molecular complexity index is 542. The summed E-state index contributed by atoms with van der Waals surface area (Å²) in [6.07, 6.45) is -4.39. The Morgan fingerprint density at radius 2 is 1.87 bits per heavy atom. The molecule has 0 spiro atoms. The van der Waals surface area contributed by atoms with Crippen LogP contribution in [0.15, 0.2) is 24.3 Å². The van der Waals surface area contributed by atoms with Gasteiger partial charge in [-0.3, -0.25) is 4.79 Å². The number of hydrogen-bond acceptors (Lipinski definition) is 3. The lowest BCUT2D eigenvalue weighted by molar-refractivity contribution is -0.137. The number of nitrogens with one attached hydrogen (secondary N) is 1. The van der Waals surface area contributed by atoms with E-state index in [-0.39, 0.29) is 17.5 Å². The van der Waals surface area contributed by atoms with E-state index in [4.69, 9.17) is 0 Å². The first-order valence-electron chi connectivity index (χ1n) is 7.48. The molecular weight excluding hydrogens is 307 g/mol. The predicted octanol–water partition coefficient (Wildman–Crippen LogP) is 1.93. The Labute approximate surface area is 134 Å². The van der Waals surface area contributed by atoms with Crippen LogP contribution in [0, 0.1) is 5.92 Å². The first-order valence-corrected chi connectivity index (χ1v) is 7.48. The quantitative estimate of drug-likeness (QED) is 0.917. The highest BCUT2D eigenvalue weighted by Crippen LogP contribution is 2.29. The number of halogens is 3. The second kappa shape index (κ2) is 6.88. The second-order valence-electron chi connectivity index (χ2n) is 6.40. The fraction of sp³-hybridized carbons (Fsp3) is 0.562. The van der Waals surface area contributed by atoms with Gasteiger partial charge in [-0.15, -0.1) is 0 Å². The maximum atomic E-state index is 12.6. The number of nitrogens with zero attached hydrogens (tertiary/aromatic N) is 2. The van der Waals surface area contributed by atoms with Crippen molar-refractivity contribution in [2.24, 2.45) is 5.92 Å². The van der Waals surface area contributed by atoms with E-state index in [1.807, 2.05) is 21.1 Å². The molecule has 1 heterocycles. The van der Waals surface area contributed by atoms with Crippen LogP contribution >= 0.6 is 0 Å². The minimum atomic E-state index is -4.39. The van der Waals surface area contributed by atoms with E-state index in [1.54, 1.807) is 0 Å². The van der Waals surface area contributed by atoms with E-state index in [1.165, 1.54) is 12.1 Å². The van der Waals surface area contributed by atoms with Crippen molar-refractivity contribution in [3.8, 4) is 0 Å². The summed E-state index contributed by atoms with van der Waals surface area (Å²) in [5, 5.41) is 2.95. The third kappa shape index (κ3) is 4.68. The third-order valence-electron chi connectivity index (χ3n) is 4.01. The molecule has 23 heavy (non-hydrogen) atoms. The largest absolute Gasteiger partial charge is 0.416 e. The van der Waals surface area contributed by atoms with Gasteiger partial charge in [0.2, 0.25) is 0 Å². The topological polar surface area (TPSA) is 35.6 Å². The molecule has 0 unspecified atom stereocenters. The second-order valence-corrected chi connectivity index (χ2v) is 6.40. The Balaban J connectivity index is 2.03. The SMILES string of the molecule is CN(C)C[C@@H]1CN(C)C[C@H]1NC(=O)c1ccc(C(F)(F)F)cc1. The number of amides is 1. The van der Waals surface area contributed by atoms with E-state index in [2.05, 4.69) is 15.1 Å². The minimum Gasteiger partial charge on any atom is -0.348 e. The molecule has 1 saturated heterocycles. The molecule has 2 atom stereocenters. The van der Waals surface area contributed by atoms with Gasteiger partial charge in [0, 0.05) is 37.2 Å². The summed E-state index contributed by atoms with van der Waals surface area (Å²) in [4.78, 5) is 16.5. The smallest absolute Gasteiger partial charge is 0.348 e. The van der Waals surface area contributed by atoms with Gasteiger partial charge in [0.25, 0.3) is 5.91 Å². The van der Waals surface area contributed by atoms with E-state index in [0.717, 1.165) is 31.8 Å². The zero-order valence-corrected chi connectivity index (χ0v) is 13.5. The standard InChI is InChI=1S/C16H22F3N3O/c1-21(2)8-12-9-22(3)10-14(12)20-15(23)11-4-6-13(7-5-11)16(17,18)19/h4-7,12,14H,8-10H2,1-3H3,(H,20,23)/t12-,14-/m1/s1. The highest BCUT2D eigenvalue weighted by atomic mass is 19.4. The summed E-state index contributed by atoms with van der Waals surface area (Å²) in [6.45, 7) is 2.48. The van der Waals surface area contributed by atoms with Crippen LogP contribution in [0.4, 0.5) is 13.2 Å². The van der Waals surface area contributed by atoms with E-state index in [9.17, 15) is 18.0 Å². The summed E-state index contributed by atoms with van der Waals surface area (Å²) in [7, 11) is 5.95. The molecule has 7 heteroatoms. The Hall–Kier alpha value is -1.60. The summed E-state index contributed by atoms with van der Waals surface area (Å²) in [5.41, 5.74) is -0.503. The molecule has 1 aromatic rings. The van der Waals surface area contributed by atoms with Gasteiger partial charge >= 0.3 is 6.18 Å². The van der Waals surface area contributed by atoms with Crippen LogP contribution in [0.3, 0.4) is 0 Å². The minimum absolute atomic E-state index is 0.00260. The molecule has 1 amide bonds. The molecule has 0 radical (unpaired) electrons. The van der Waals surface area contributed by atoms with Crippen LogP contribution in [-0.4, -0.2) is 62.5 Å². The molecule has 1 N–H and O–H groups in total. The fourth-order valence-electron chi connectivity index (χ4n) is 2.97. The predicted molar refractivity (Wildman–Crippen MR) is 82.2 cm³/mol. The molecule has 128 valence electrons. The number of likely N-dealkylation sites (N-methyl/N-ethyl adjacent to an activating group) is 1. The van der Waals surface area contributed by atoms with Crippen molar-refractivity contribution in [2.45, 2.75) is 12.2 Å². The first-order chi connectivity index (χ1) is 10.7. The molecule has 4 nitrogen and oxygen atoms in total. The number of benzene rings is 1. The van der Waals surface area contributed by atoms with Gasteiger partial charge in [0.05, 0.1) is 5.56 Å². The number of carbonyl (C=O) groups excluding carboxylic acids is 1. The molecule has 1 aromatic carbocycles. The van der Waals surface area contributed by atoms with Crippen molar-refractivity contribution in [3.05, 3.63) is 35.4 Å². The average molecular weight is 329 g/mol. The lowest BCUT2D eigenvalue weighted by Crippen LogP contribution is -2.43. The Kier molecular flexibility index (Phi) is 5.31. The van der Waals surface area contributed by atoms with Gasteiger partial charge in [-0.2, -0.15) is 13.2 Å². The number of hydrogen-bond donors (Lipinski definition) is 1. The fourth-order valence-corrected chi connectivity index (χ4v) is 2.97. The van der Waals surface area contributed by atoms with Crippen LogP contribution in [0.1, 0.15) is 15.9 Å². The highest BCUT2D eigenvalue weighted by molar-refractivity contribution is 5.94. The molecular formula is C16H22F3N3O. The zero-order valence-electron chi connectivity index (χ0n) is 13.5. The van der Waals surface area contributed by atoms with Crippen molar-refractivity contribution < 1.29 is 18.0 Å². The summed E-state index contributed by atoms with van der Waals surface area (Å²) < 4.78 is 37.7. The van der Waals surface area contributed by atoms with E-state index in [0.29, 0.717) is 5.92 Å². The van der Waals surface area contributed by atoms with E-state index < -0.39 is 11.7 Å². The van der Waals surface area contributed by atoms with Crippen molar-refractivity contribution in [1.29, 1.82) is 0 Å². The molecule has 1 aliphatic heterocycles. The Morgan fingerprint density at radius 1 is 1.26 bits per heavy atom. The molecule has 0 aromatic heterocycles. The number of likely N-dealkylation sites (tertiary alicyclic amines) is 1. The van der Waals surface area contributed by atoms with Crippen molar-refractivity contribution in [3.63, 3.8) is 0 Å². The molecule has 1 aliphatic rings. The monoisotopic (exact) mass is 329 g/mol. The van der Waals surface area contributed by atoms with Crippen molar-refractivity contribution in [2.75, 3.05) is 40.8 Å². The van der Waals surface area contributed by atoms with Crippen LogP contribution in [0.25, 0.3) is 0 Å². The molecule has 0 bridgehead atoms. The van der Waals surface area contributed by atoms with Gasteiger partial charge in [-0.25, -0.2) is 0 Å². The van der Waals surface area contributed by atoms with Gasteiger partial charge in [-0.1, -0.05) is 0 Å². The van der Waals surface area contributed by atoms with Gasteiger partial charge in [0.1, 0.15) is 0 Å². The van der Waals surface area contributed by atoms with Gasteiger partial charge in [0.15, 0.2) is 0 Å². The number of carbonyl (C=O) groups is 1. The summed E-state index contributed by atoms with van der Waals surface area (Å²) in [6, 6.07) is 4.31. The number of rotatable bonds is 4. The van der Waals surface area contributed by atoms with Gasteiger partial charge in [-0.05, 0) is 45.4 Å². The lowest BCUT2D eigenvalue weighted by atomic mass is 10.0. The summed E-state index contributed by atoms with van der Waals surface area (Å²) in [5.74, 6) is -0.0313. The Morgan fingerprint density at radius 3 is 2.39 bits per heavy atom. The van der Waals surface area contributed by atoms with Crippen molar-refractivity contribution >= 4 is 5.91 Å². The lowest BCUT2D eigenvalue weighted by Gasteiger charge is -2.23. The normalized spacial score (nSPS) is 22.6. The van der Waals surface area contributed by atoms with Crippen molar-refractivity contribution in [1.82, 2.24) is 15.1 Å². The van der Waals surface area contributed by atoms with Gasteiger partial charge < -0.3 is 15.1 Å². The average Bonchev–Trinajstić information content (AvgIpc) is 2.77. The summed E-state index contributed by atoms with van der Waals surface area (Å²) >= 11 is 0. The zero-order chi connectivity index (χ0) is 17.2. The molecule has 0 aliphatic carbocycles. The van der Waals surface area contributed by atoms with Crippen LogP contribution in [-0.2, 0) is 6.18 Å². The van der Waals surface area contributed by atoms with E-state index >= 15 is 0 Å². The highest BCUT2D eigenvalue weighted by Gasteiger charge is 2.33. The molecule has 2 rings (SSSR count). The maximum Gasteiger partial charge on any atom is 0.416 e. The maximum absolute atomic E-state index is 12.6.